The van der Waals surface area contributed by atoms with Crippen LogP contribution >= 0.6 is 23.4 Å². The maximum atomic E-state index is 11.8. The zero-order valence-corrected chi connectivity index (χ0v) is 9.92. The van der Waals surface area contributed by atoms with Gasteiger partial charge in [0.05, 0.1) is 6.54 Å². The molecule has 16 heavy (non-hydrogen) atoms. The lowest BCUT2D eigenvalue weighted by Gasteiger charge is -2.07. The van der Waals surface area contributed by atoms with E-state index in [4.69, 9.17) is 23.4 Å². The molecule has 1 heterocycles. The minimum Gasteiger partial charge on any atom is -0.369 e. The Morgan fingerprint density at radius 3 is 2.62 bits per heavy atom. The van der Waals surface area contributed by atoms with Gasteiger partial charge in [-0.3, -0.25) is 9.21 Å². The minimum absolute atomic E-state index is 0.0910. The van der Waals surface area contributed by atoms with Gasteiger partial charge in [0.15, 0.2) is 5.78 Å². The summed E-state index contributed by atoms with van der Waals surface area (Å²) in [7, 11) is 0. The van der Waals surface area contributed by atoms with Gasteiger partial charge in [0.1, 0.15) is 5.82 Å². The van der Waals surface area contributed by atoms with Crippen molar-refractivity contribution in [1.29, 1.82) is 0 Å². The number of carbonyl (C=O) groups excluding carboxylic acids is 1. The molecule has 1 aliphatic heterocycles. The summed E-state index contributed by atoms with van der Waals surface area (Å²) in [6.45, 7) is 1.45. The molecule has 84 valence electrons. The largest absolute Gasteiger partial charge is 0.369 e. The molecular formula is C11H10Cl2N2O. The van der Waals surface area contributed by atoms with Crippen LogP contribution < -0.4 is 5.32 Å². The van der Waals surface area contributed by atoms with Gasteiger partial charge in [-0.1, -0.05) is 11.6 Å². The molecule has 3 nitrogen and oxygen atoms in total. The summed E-state index contributed by atoms with van der Waals surface area (Å²) in [4.78, 5) is 11.8. The van der Waals surface area contributed by atoms with E-state index in [1.54, 1.807) is 24.3 Å². The van der Waals surface area contributed by atoms with E-state index in [0.717, 1.165) is 6.54 Å². The Bertz CT molecular complexity index is 428. The predicted molar refractivity (Wildman–Crippen MR) is 64.4 cm³/mol. The molecule has 0 unspecified atom stereocenters. The quantitative estimate of drug-likeness (QED) is 0.501. The van der Waals surface area contributed by atoms with Gasteiger partial charge in [-0.15, -0.1) is 0 Å². The van der Waals surface area contributed by atoms with Crippen LogP contribution in [0.3, 0.4) is 0 Å². The maximum absolute atomic E-state index is 11.8. The fourth-order valence-electron chi connectivity index (χ4n) is 1.43. The number of hydrogen-bond donors (Lipinski definition) is 1. The Balaban J connectivity index is 2.16. The molecule has 0 atom stereocenters. The number of carbonyl (C=O) groups is 1. The Morgan fingerprint density at radius 2 is 2.06 bits per heavy atom. The minimum atomic E-state index is -0.0910. The Kier molecular flexibility index (Phi) is 3.36. The standard InChI is InChI=1S/C11H10Cl2N2O/c12-9-3-1-8(2-4-9)10(16)7-11-14-5-6-15(11)13/h1-4,7,14H,5-6H2/b11-7+. The van der Waals surface area contributed by atoms with E-state index >= 15 is 0 Å². The van der Waals surface area contributed by atoms with Gasteiger partial charge in [-0.2, -0.15) is 0 Å². The summed E-state index contributed by atoms with van der Waals surface area (Å²) in [6.07, 6.45) is 1.49. The number of benzene rings is 1. The van der Waals surface area contributed by atoms with E-state index in [1.165, 1.54) is 10.5 Å². The number of allylic oxidation sites excluding steroid dienone is 1. The first-order valence-corrected chi connectivity index (χ1v) is 5.57. The molecule has 1 fully saturated rings. The smallest absolute Gasteiger partial charge is 0.189 e. The lowest BCUT2D eigenvalue weighted by molar-refractivity contribution is 0.104. The number of nitrogens with zero attached hydrogens (tertiary/aromatic N) is 1. The monoisotopic (exact) mass is 256 g/mol. The van der Waals surface area contributed by atoms with Crippen LogP contribution in [0.15, 0.2) is 36.2 Å². The highest BCUT2D eigenvalue weighted by atomic mass is 35.5. The molecule has 1 aliphatic rings. The summed E-state index contributed by atoms with van der Waals surface area (Å²) >= 11 is 11.6. The number of rotatable bonds is 2. The molecule has 2 rings (SSSR count). The van der Waals surface area contributed by atoms with Crippen molar-refractivity contribution >= 4 is 29.2 Å². The fraction of sp³-hybridized carbons (Fsp3) is 0.182. The highest BCUT2D eigenvalue weighted by Crippen LogP contribution is 2.14. The van der Waals surface area contributed by atoms with Crippen LogP contribution in [0.2, 0.25) is 5.02 Å². The molecule has 0 radical (unpaired) electrons. The van der Waals surface area contributed by atoms with Crippen molar-refractivity contribution in [3.8, 4) is 0 Å². The molecule has 0 aromatic heterocycles. The normalized spacial score (nSPS) is 17.6. The lowest BCUT2D eigenvalue weighted by atomic mass is 10.1. The van der Waals surface area contributed by atoms with E-state index in [1.807, 2.05) is 0 Å². The van der Waals surface area contributed by atoms with Crippen LogP contribution in [0.1, 0.15) is 10.4 Å². The Labute approximate surface area is 104 Å². The van der Waals surface area contributed by atoms with Crippen molar-refractivity contribution < 1.29 is 4.79 Å². The van der Waals surface area contributed by atoms with Crippen molar-refractivity contribution in [2.75, 3.05) is 13.1 Å². The number of ketones is 1. The van der Waals surface area contributed by atoms with Gasteiger partial charge in [0.2, 0.25) is 0 Å². The van der Waals surface area contributed by atoms with Crippen LogP contribution in [0, 0.1) is 0 Å². The first-order chi connectivity index (χ1) is 7.66. The number of nitrogens with one attached hydrogen (secondary N) is 1. The molecule has 0 saturated carbocycles. The van der Waals surface area contributed by atoms with Crippen molar-refractivity contribution in [2.24, 2.45) is 0 Å². The first kappa shape index (κ1) is 11.3. The Hall–Kier alpha value is -1.19. The van der Waals surface area contributed by atoms with Crippen molar-refractivity contribution in [3.63, 3.8) is 0 Å². The van der Waals surface area contributed by atoms with Crippen LogP contribution in [-0.2, 0) is 0 Å². The Morgan fingerprint density at radius 1 is 1.38 bits per heavy atom. The molecule has 0 bridgehead atoms. The maximum Gasteiger partial charge on any atom is 0.189 e. The summed E-state index contributed by atoms with van der Waals surface area (Å²) in [6, 6.07) is 6.76. The summed E-state index contributed by atoms with van der Waals surface area (Å²) in [5.74, 6) is 0.549. The predicted octanol–water partition coefficient (Wildman–Crippen LogP) is 2.42. The third-order valence-corrected chi connectivity index (χ3v) is 2.88. The van der Waals surface area contributed by atoms with Crippen LogP contribution in [0.25, 0.3) is 0 Å². The van der Waals surface area contributed by atoms with Crippen LogP contribution in [0.4, 0.5) is 0 Å². The topological polar surface area (TPSA) is 32.3 Å². The zero-order chi connectivity index (χ0) is 11.5. The molecule has 0 amide bonds. The lowest BCUT2D eigenvalue weighted by Crippen LogP contribution is -2.11. The van der Waals surface area contributed by atoms with Crippen molar-refractivity contribution in [2.45, 2.75) is 0 Å². The van der Waals surface area contributed by atoms with E-state index < -0.39 is 0 Å². The molecule has 0 aliphatic carbocycles. The third kappa shape index (κ3) is 2.49. The molecule has 0 spiro atoms. The highest BCUT2D eigenvalue weighted by molar-refractivity contribution is 6.30. The average molecular weight is 257 g/mol. The third-order valence-electron chi connectivity index (χ3n) is 2.27. The summed E-state index contributed by atoms with van der Waals surface area (Å²) < 4.78 is 1.49. The van der Waals surface area contributed by atoms with Gasteiger partial charge in [0, 0.05) is 35.0 Å². The van der Waals surface area contributed by atoms with Gasteiger partial charge < -0.3 is 5.32 Å². The molecule has 1 N–H and O–H groups in total. The van der Waals surface area contributed by atoms with E-state index in [9.17, 15) is 4.79 Å². The van der Waals surface area contributed by atoms with E-state index in [-0.39, 0.29) is 5.78 Å². The second-order valence-corrected chi connectivity index (χ2v) is 4.26. The van der Waals surface area contributed by atoms with Crippen molar-refractivity contribution in [1.82, 2.24) is 9.74 Å². The average Bonchev–Trinajstić information content (AvgIpc) is 2.65. The molecule has 1 saturated heterocycles. The SMILES string of the molecule is O=C(/C=C1\NCCN1Cl)c1ccc(Cl)cc1. The van der Waals surface area contributed by atoms with Gasteiger partial charge in [-0.25, -0.2) is 0 Å². The van der Waals surface area contributed by atoms with Gasteiger partial charge in [-0.05, 0) is 24.3 Å². The molecule has 5 heteroatoms. The van der Waals surface area contributed by atoms with Gasteiger partial charge >= 0.3 is 0 Å². The van der Waals surface area contributed by atoms with Crippen LogP contribution in [-0.4, -0.2) is 23.3 Å². The molecule has 1 aromatic rings. The van der Waals surface area contributed by atoms with Crippen molar-refractivity contribution in [3.05, 3.63) is 46.7 Å². The molecule has 1 aromatic carbocycles. The van der Waals surface area contributed by atoms with Crippen LogP contribution in [0.5, 0.6) is 0 Å². The zero-order valence-electron chi connectivity index (χ0n) is 8.41. The number of hydrogen-bond acceptors (Lipinski definition) is 3. The summed E-state index contributed by atoms with van der Waals surface area (Å²) in [5.41, 5.74) is 0.593. The molecular weight excluding hydrogens is 247 g/mol. The number of halogens is 2. The highest BCUT2D eigenvalue weighted by Gasteiger charge is 2.15. The first-order valence-electron chi connectivity index (χ1n) is 4.85. The summed E-state index contributed by atoms with van der Waals surface area (Å²) in [5, 5.41) is 3.64. The fourth-order valence-corrected chi connectivity index (χ4v) is 1.75. The second-order valence-electron chi connectivity index (χ2n) is 3.41. The van der Waals surface area contributed by atoms with E-state index in [2.05, 4.69) is 5.32 Å². The van der Waals surface area contributed by atoms with Gasteiger partial charge in [0.25, 0.3) is 0 Å². The van der Waals surface area contributed by atoms with E-state index in [0.29, 0.717) is 23.0 Å². The second kappa shape index (κ2) is 4.76.